The minimum atomic E-state index is -0.221. The summed E-state index contributed by atoms with van der Waals surface area (Å²) in [6, 6.07) is 25.3. The minimum Gasteiger partial charge on any atom is -0.508 e. The van der Waals surface area contributed by atoms with Gasteiger partial charge in [-0.25, -0.2) is 0 Å². The van der Waals surface area contributed by atoms with Crippen LogP contribution in [0.4, 0.5) is 0 Å². The lowest BCUT2D eigenvalue weighted by molar-refractivity contribution is 0.140. The molecular formula is C52H70O4. The van der Waals surface area contributed by atoms with E-state index in [0.29, 0.717) is 34.8 Å². The van der Waals surface area contributed by atoms with Gasteiger partial charge in [-0.1, -0.05) is 132 Å². The third-order valence-electron chi connectivity index (χ3n) is 13.9. The Morgan fingerprint density at radius 3 is 0.732 bits per heavy atom. The fraction of sp³-hybridized carbons (Fsp3) is 0.538. The fourth-order valence-corrected chi connectivity index (χ4v) is 10.4. The monoisotopic (exact) mass is 759 g/mol. The highest BCUT2D eigenvalue weighted by atomic mass is 16.3. The van der Waals surface area contributed by atoms with E-state index >= 15 is 0 Å². The number of hydrogen-bond donors (Lipinski definition) is 4. The summed E-state index contributed by atoms with van der Waals surface area (Å²) in [5.74, 6) is 2.61. The normalized spacial score (nSPS) is 18.6. The van der Waals surface area contributed by atoms with Crippen molar-refractivity contribution in [3.63, 3.8) is 0 Å². The van der Waals surface area contributed by atoms with E-state index in [0.717, 1.165) is 73.6 Å². The summed E-state index contributed by atoms with van der Waals surface area (Å²) in [5.41, 5.74) is 7.70. The Hall–Kier alpha value is -3.92. The quantitative estimate of drug-likeness (QED) is 0.163. The van der Waals surface area contributed by atoms with Crippen LogP contribution in [0.5, 0.6) is 23.0 Å². The predicted molar refractivity (Wildman–Crippen MR) is 233 cm³/mol. The number of benzene rings is 4. The zero-order valence-electron chi connectivity index (χ0n) is 36.5. The lowest BCUT2D eigenvalue weighted by Gasteiger charge is -2.48. The number of phenolic OH excluding ortho intramolecular Hbond substituents is 4. The molecule has 56 heavy (non-hydrogen) atoms. The van der Waals surface area contributed by atoms with Gasteiger partial charge in [0.1, 0.15) is 23.0 Å². The van der Waals surface area contributed by atoms with Crippen LogP contribution in [-0.2, 0) is 32.5 Å². The molecule has 0 aliphatic heterocycles. The fourth-order valence-electron chi connectivity index (χ4n) is 10.4. The van der Waals surface area contributed by atoms with Crippen LogP contribution >= 0.6 is 0 Å². The third-order valence-corrected chi connectivity index (χ3v) is 13.9. The van der Waals surface area contributed by atoms with Crippen LogP contribution in [0.3, 0.4) is 0 Å². The zero-order chi connectivity index (χ0) is 41.2. The van der Waals surface area contributed by atoms with Gasteiger partial charge in [-0.2, -0.15) is 0 Å². The van der Waals surface area contributed by atoms with Gasteiger partial charge in [0.2, 0.25) is 0 Å². The maximum absolute atomic E-state index is 11.0. The second kappa shape index (κ2) is 14.5. The summed E-state index contributed by atoms with van der Waals surface area (Å²) < 4.78 is 0. The van der Waals surface area contributed by atoms with Gasteiger partial charge in [-0.05, 0) is 154 Å². The van der Waals surface area contributed by atoms with Gasteiger partial charge in [-0.3, -0.25) is 0 Å². The van der Waals surface area contributed by atoms with Gasteiger partial charge in [-0.15, -0.1) is 0 Å². The second-order valence-electron chi connectivity index (χ2n) is 21.8. The number of hydrogen-bond acceptors (Lipinski definition) is 4. The Morgan fingerprint density at radius 2 is 0.554 bits per heavy atom. The summed E-state index contributed by atoms with van der Waals surface area (Å²) in [6.07, 6.45) is 8.55. The first kappa shape index (κ1) is 41.7. The zero-order valence-corrected chi connectivity index (χ0v) is 36.5. The first-order valence-electron chi connectivity index (χ1n) is 21.2. The molecule has 2 fully saturated rings. The van der Waals surface area contributed by atoms with Crippen molar-refractivity contribution in [1.29, 1.82) is 0 Å². The van der Waals surface area contributed by atoms with Gasteiger partial charge < -0.3 is 20.4 Å². The highest BCUT2D eigenvalue weighted by Gasteiger charge is 2.45. The number of rotatable bonds is 5. The Morgan fingerprint density at radius 1 is 0.357 bits per heavy atom. The van der Waals surface area contributed by atoms with Gasteiger partial charge >= 0.3 is 0 Å². The molecule has 6 rings (SSSR count). The maximum Gasteiger partial charge on any atom is 0.119 e. The van der Waals surface area contributed by atoms with Gasteiger partial charge in [0.15, 0.2) is 0 Å². The van der Waals surface area contributed by atoms with Gasteiger partial charge in [0, 0.05) is 10.8 Å². The third kappa shape index (κ3) is 7.84. The summed E-state index contributed by atoms with van der Waals surface area (Å²) in [5, 5.41) is 44.0. The molecule has 0 bridgehead atoms. The highest BCUT2D eigenvalue weighted by molar-refractivity contribution is 5.53. The first-order valence-corrected chi connectivity index (χ1v) is 21.2. The molecule has 0 radical (unpaired) electrons. The van der Waals surface area contributed by atoms with E-state index < -0.39 is 0 Å². The van der Waals surface area contributed by atoms with Crippen LogP contribution in [0.2, 0.25) is 0 Å². The van der Waals surface area contributed by atoms with Crippen LogP contribution in [0.1, 0.15) is 179 Å². The van der Waals surface area contributed by atoms with E-state index in [1.807, 2.05) is 24.3 Å². The van der Waals surface area contributed by atoms with Crippen LogP contribution in [-0.4, -0.2) is 20.4 Å². The molecule has 0 spiro atoms. The average Bonchev–Trinajstić information content (AvgIpc) is 3.10. The van der Waals surface area contributed by atoms with E-state index in [1.165, 1.54) is 22.3 Å². The van der Waals surface area contributed by atoms with Crippen molar-refractivity contribution in [1.82, 2.24) is 0 Å². The molecule has 4 N–H and O–H groups in total. The molecule has 2 aliphatic carbocycles. The molecule has 4 nitrogen and oxygen atoms in total. The SMILES string of the molecule is CC(C)(C)c1cc(C2(c3ccc(O)c(C(C)(C)C)c3)CCC(C3CCC(c4ccc(O)c(C(C)(C)C)c4)(c4ccc(O)c(C(C)(C)C)c4)CC3)CC2)ccc1O. The summed E-state index contributed by atoms with van der Waals surface area (Å²) in [6.45, 7) is 26.0. The Labute approximate surface area is 338 Å². The smallest absolute Gasteiger partial charge is 0.119 e. The standard InChI is InChI=1S/C52H70O4/c1-47(2,3)39-29-35(13-17-43(39)53)51(36-14-18-44(54)40(30-36)48(4,5)6)25-21-33(22-26-51)34-23-27-52(28-24-34,37-15-19-45(55)41(31-37)49(7,8)9)38-16-20-46(56)42(32-38)50(10,11)12/h13-20,29-34,53-56H,21-28H2,1-12H3. The van der Waals surface area contributed by atoms with Crippen molar-refractivity contribution in [3.05, 3.63) is 117 Å². The van der Waals surface area contributed by atoms with Crippen molar-refractivity contribution in [2.75, 3.05) is 0 Å². The molecule has 4 aromatic carbocycles. The maximum atomic E-state index is 11.0. The minimum absolute atomic E-state index is 0.200. The molecule has 0 aromatic heterocycles. The largest absolute Gasteiger partial charge is 0.508 e. The second-order valence-corrected chi connectivity index (χ2v) is 21.8. The molecule has 0 heterocycles. The molecule has 4 aromatic rings. The van der Waals surface area contributed by atoms with Gasteiger partial charge in [0.05, 0.1) is 0 Å². The Balaban J connectivity index is 1.35. The molecule has 2 saturated carbocycles. The Kier molecular flexibility index (Phi) is 10.8. The number of aromatic hydroxyl groups is 4. The predicted octanol–water partition coefficient (Wildman–Crippen LogP) is 13.4. The summed E-state index contributed by atoms with van der Waals surface area (Å²) in [4.78, 5) is 0. The average molecular weight is 759 g/mol. The molecule has 0 amide bonds. The Bertz CT molecular complexity index is 1760. The van der Waals surface area contributed by atoms with Crippen molar-refractivity contribution in [2.24, 2.45) is 11.8 Å². The van der Waals surface area contributed by atoms with Crippen LogP contribution < -0.4 is 0 Å². The highest BCUT2D eigenvalue weighted by Crippen LogP contribution is 2.55. The molecule has 0 saturated heterocycles. The summed E-state index contributed by atoms with van der Waals surface area (Å²) >= 11 is 0. The van der Waals surface area contributed by atoms with E-state index in [1.54, 1.807) is 0 Å². The van der Waals surface area contributed by atoms with Crippen molar-refractivity contribution < 1.29 is 20.4 Å². The molecule has 4 heteroatoms. The van der Waals surface area contributed by atoms with Gasteiger partial charge in [0.25, 0.3) is 0 Å². The van der Waals surface area contributed by atoms with Crippen molar-refractivity contribution >= 4 is 0 Å². The molecule has 302 valence electrons. The van der Waals surface area contributed by atoms with Crippen molar-refractivity contribution in [2.45, 2.75) is 167 Å². The first-order chi connectivity index (χ1) is 25.9. The molecule has 0 unspecified atom stereocenters. The van der Waals surface area contributed by atoms with Crippen LogP contribution in [0, 0.1) is 11.8 Å². The molecule has 0 atom stereocenters. The topological polar surface area (TPSA) is 80.9 Å². The molecule has 2 aliphatic rings. The lowest BCUT2D eigenvalue weighted by atomic mass is 9.56. The summed E-state index contributed by atoms with van der Waals surface area (Å²) in [7, 11) is 0. The van der Waals surface area contributed by atoms with Crippen LogP contribution in [0.25, 0.3) is 0 Å². The van der Waals surface area contributed by atoms with E-state index in [4.69, 9.17) is 0 Å². The molecular weight excluding hydrogens is 689 g/mol. The lowest BCUT2D eigenvalue weighted by Crippen LogP contribution is -2.39. The van der Waals surface area contributed by atoms with Crippen molar-refractivity contribution in [3.8, 4) is 23.0 Å². The van der Waals surface area contributed by atoms with Crippen LogP contribution in [0.15, 0.2) is 72.8 Å². The van der Waals surface area contributed by atoms with E-state index in [2.05, 4.69) is 132 Å². The van der Waals surface area contributed by atoms with E-state index in [9.17, 15) is 20.4 Å². The van der Waals surface area contributed by atoms with E-state index in [-0.39, 0.29) is 32.5 Å². The number of phenols is 4.